The van der Waals surface area contributed by atoms with Gasteiger partial charge in [-0.3, -0.25) is 9.36 Å². The predicted molar refractivity (Wildman–Crippen MR) is 156 cm³/mol. The molecule has 0 bridgehead atoms. The number of allylic oxidation sites excluding steroid dienone is 2. The maximum Gasteiger partial charge on any atom is 0.387 e. The number of para-hydroxylation sites is 1. The monoisotopic (exact) mass is 594 g/mol. The first-order valence-corrected chi connectivity index (χ1v) is 14.3. The molecule has 3 aromatic carbocycles. The zero-order chi connectivity index (χ0) is 27.8. The normalized spacial score (nSPS) is 18.1. The molecule has 0 N–H and O–H groups in total. The molecular formula is C31H22Cl2F2N2O2S. The molecule has 9 heteroatoms. The molecule has 1 aliphatic carbocycles. The van der Waals surface area contributed by atoms with Gasteiger partial charge in [0.2, 0.25) is 0 Å². The SMILES string of the molecule is O=c1/c(=C/c2ccccc2OC(F)F)sc2n1C(c1ccc(Cl)cc1)C1=C(N=2)/C(=C/c2ccc(Cl)cc2)CCC1. The Hall–Kier alpha value is -3.52. The summed E-state index contributed by atoms with van der Waals surface area (Å²) in [6.45, 7) is -2.97. The molecule has 1 unspecified atom stereocenters. The zero-order valence-corrected chi connectivity index (χ0v) is 23.3. The molecule has 0 amide bonds. The lowest BCUT2D eigenvalue weighted by atomic mass is 9.84. The van der Waals surface area contributed by atoms with Gasteiger partial charge in [0.25, 0.3) is 5.56 Å². The standard InChI is InChI=1S/C31H22Cl2F2N2O2S/c32-22-12-8-18(9-13-22)16-21-5-3-6-24-27(21)36-31-37(28(24)19-10-14-23(33)15-11-19)29(38)26(40-31)17-20-4-1-2-7-25(20)39-30(34)35/h1-2,4,7-17,28,30H,3,5-6H2/b21-16+,26-17-. The van der Waals surface area contributed by atoms with Crippen molar-refractivity contribution in [1.82, 2.24) is 4.57 Å². The number of nitrogens with zero attached hydrogens (tertiary/aromatic N) is 2. The maximum atomic E-state index is 13.9. The van der Waals surface area contributed by atoms with Crippen LogP contribution in [-0.2, 0) is 0 Å². The van der Waals surface area contributed by atoms with Crippen molar-refractivity contribution in [1.29, 1.82) is 0 Å². The minimum atomic E-state index is -2.97. The van der Waals surface area contributed by atoms with Gasteiger partial charge < -0.3 is 4.74 Å². The smallest absolute Gasteiger partial charge is 0.387 e. The van der Waals surface area contributed by atoms with E-state index in [4.69, 9.17) is 28.2 Å². The molecule has 0 saturated heterocycles. The van der Waals surface area contributed by atoms with E-state index in [1.807, 2.05) is 48.5 Å². The average Bonchev–Trinajstić information content (AvgIpc) is 3.25. The Morgan fingerprint density at radius 2 is 1.65 bits per heavy atom. The lowest BCUT2D eigenvalue weighted by Crippen LogP contribution is -2.39. The van der Waals surface area contributed by atoms with Crippen molar-refractivity contribution in [2.24, 2.45) is 4.99 Å². The molecule has 0 fully saturated rings. The lowest BCUT2D eigenvalue weighted by Gasteiger charge is -2.31. The first-order chi connectivity index (χ1) is 19.4. The molecular weight excluding hydrogens is 573 g/mol. The number of alkyl halides is 2. The lowest BCUT2D eigenvalue weighted by molar-refractivity contribution is -0.0499. The molecule has 1 atom stereocenters. The highest BCUT2D eigenvalue weighted by Gasteiger charge is 2.32. The van der Waals surface area contributed by atoms with E-state index >= 15 is 0 Å². The number of aromatic nitrogens is 1. The van der Waals surface area contributed by atoms with E-state index in [9.17, 15) is 13.6 Å². The number of hydrogen-bond acceptors (Lipinski definition) is 4. The number of ether oxygens (including phenoxy) is 1. The highest BCUT2D eigenvalue weighted by molar-refractivity contribution is 7.07. The summed E-state index contributed by atoms with van der Waals surface area (Å²) in [4.78, 5) is 19.5. The summed E-state index contributed by atoms with van der Waals surface area (Å²) in [5, 5.41) is 1.27. The van der Waals surface area contributed by atoms with Gasteiger partial charge in [-0.25, -0.2) is 4.99 Å². The van der Waals surface area contributed by atoms with E-state index in [1.54, 1.807) is 28.8 Å². The Bertz CT molecular complexity index is 1820. The van der Waals surface area contributed by atoms with Crippen molar-refractivity contribution in [2.75, 3.05) is 0 Å². The van der Waals surface area contributed by atoms with E-state index in [2.05, 4.69) is 10.8 Å². The van der Waals surface area contributed by atoms with Crippen LogP contribution in [0.3, 0.4) is 0 Å². The van der Waals surface area contributed by atoms with E-state index in [1.165, 1.54) is 17.4 Å². The second-order valence-electron chi connectivity index (χ2n) is 9.50. The van der Waals surface area contributed by atoms with Gasteiger partial charge in [-0.2, -0.15) is 8.78 Å². The van der Waals surface area contributed by atoms with E-state index in [0.29, 0.717) is 24.9 Å². The fourth-order valence-corrected chi connectivity index (χ4v) is 6.45. The number of thiazole rings is 1. The second kappa shape index (κ2) is 11.2. The summed E-state index contributed by atoms with van der Waals surface area (Å²) in [7, 11) is 0. The van der Waals surface area contributed by atoms with Gasteiger partial charge in [-0.1, -0.05) is 77.0 Å². The maximum absolute atomic E-state index is 13.9. The Morgan fingerprint density at radius 1 is 0.950 bits per heavy atom. The third-order valence-electron chi connectivity index (χ3n) is 6.95. The third kappa shape index (κ3) is 5.29. The van der Waals surface area contributed by atoms with Gasteiger partial charge >= 0.3 is 6.61 Å². The zero-order valence-electron chi connectivity index (χ0n) is 21.0. The fraction of sp³-hybridized carbons (Fsp3) is 0.161. The van der Waals surface area contributed by atoms with E-state index < -0.39 is 6.61 Å². The van der Waals surface area contributed by atoms with Crippen LogP contribution in [0.25, 0.3) is 12.2 Å². The van der Waals surface area contributed by atoms with E-state index in [0.717, 1.165) is 47.2 Å². The first kappa shape index (κ1) is 26.7. The van der Waals surface area contributed by atoms with Crippen molar-refractivity contribution in [2.45, 2.75) is 31.9 Å². The van der Waals surface area contributed by atoms with Gasteiger partial charge in [0.15, 0.2) is 4.80 Å². The van der Waals surface area contributed by atoms with Crippen LogP contribution in [0, 0.1) is 0 Å². The molecule has 1 aromatic heterocycles. The fourth-order valence-electron chi connectivity index (χ4n) is 5.21. The Morgan fingerprint density at radius 3 is 2.38 bits per heavy atom. The Kier molecular flexibility index (Phi) is 7.45. The van der Waals surface area contributed by atoms with Crippen molar-refractivity contribution in [3.8, 4) is 5.75 Å². The molecule has 2 heterocycles. The molecule has 6 rings (SSSR count). The number of halogens is 4. The summed E-state index contributed by atoms with van der Waals surface area (Å²) in [6.07, 6.45) is 6.28. The van der Waals surface area contributed by atoms with Gasteiger partial charge in [0.05, 0.1) is 16.3 Å². The summed E-state index contributed by atoms with van der Waals surface area (Å²) < 4.78 is 32.8. The summed E-state index contributed by atoms with van der Waals surface area (Å²) in [5.41, 5.74) is 5.14. The summed E-state index contributed by atoms with van der Waals surface area (Å²) in [6, 6.07) is 21.2. The van der Waals surface area contributed by atoms with Crippen LogP contribution in [0.15, 0.2) is 99.4 Å². The third-order valence-corrected chi connectivity index (χ3v) is 8.44. The van der Waals surface area contributed by atoms with Gasteiger partial charge in [0.1, 0.15) is 5.75 Å². The Balaban J connectivity index is 1.56. The molecule has 202 valence electrons. The molecule has 4 nitrogen and oxygen atoms in total. The summed E-state index contributed by atoms with van der Waals surface area (Å²) in [5.74, 6) is 0.00469. The largest absolute Gasteiger partial charge is 0.434 e. The molecule has 2 aliphatic rings. The average molecular weight is 595 g/mol. The van der Waals surface area contributed by atoms with Gasteiger partial charge in [-0.15, -0.1) is 0 Å². The van der Waals surface area contributed by atoms with Crippen molar-refractivity contribution >= 4 is 46.7 Å². The van der Waals surface area contributed by atoms with Crippen molar-refractivity contribution in [3.63, 3.8) is 0 Å². The van der Waals surface area contributed by atoms with E-state index in [-0.39, 0.29) is 17.4 Å². The molecule has 0 spiro atoms. The Labute approximate surface area is 242 Å². The second-order valence-corrected chi connectivity index (χ2v) is 11.4. The minimum absolute atomic E-state index is 0.00469. The predicted octanol–water partition coefficient (Wildman–Crippen LogP) is 7.39. The number of fused-ring (bicyclic) bond motifs is 1. The molecule has 40 heavy (non-hydrogen) atoms. The molecule has 0 radical (unpaired) electrons. The number of rotatable bonds is 5. The quantitative estimate of drug-likeness (QED) is 0.242. The molecule has 0 saturated carbocycles. The highest BCUT2D eigenvalue weighted by atomic mass is 35.5. The van der Waals surface area contributed by atoms with Crippen LogP contribution in [0.5, 0.6) is 5.75 Å². The number of benzene rings is 3. The van der Waals surface area contributed by atoms with Crippen molar-refractivity contribution < 1.29 is 13.5 Å². The van der Waals surface area contributed by atoms with Gasteiger partial charge in [-0.05, 0) is 84.0 Å². The van der Waals surface area contributed by atoms with Crippen LogP contribution in [-0.4, -0.2) is 11.2 Å². The van der Waals surface area contributed by atoms with Crippen LogP contribution < -0.4 is 19.6 Å². The van der Waals surface area contributed by atoms with Crippen LogP contribution in [0.1, 0.15) is 42.0 Å². The summed E-state index contributed by atoms with van der Waals surface area (Å²) >= 11 is 13.5. The highest BCUT2D eigenvalue weighted by Crippen LogP contribution is 2.41. The van der Waals surface area contributed by atoms with Crippen molar-refractivity contribution in [3.05, 3.63) is 136 Å². The first-order valence-electron chi connectivity index (χ1n) is 12.7. The van der Waals surface area contributed by atoms with Crippen LogP contribution in [0.2, 0.25) is 10.0 Å². The molecule has 4 aromatic rings. The molecule has 1 aliphatic heterocycles. The van der Waals surface area contributed by atoms with Crippen LogP contribution in [0.4, 0.5) is 8.78 Å². The topological polar surface area (TPSA) is 43.6 Å². The minimum Gasteiger partial charge on any atom is -0.434 e. The number of hydrogen-bond donors (Lipinski definition) is 0. The van der Waals surface area contributed by atoms with Gasteiger partial charge in [0, 0.05) is 15.6 Å². The van der Waals surface area contributed by atoms with Crippen LogP contribution >= 0.6 is 34.5 Å².